The fourth-order valence-electron chi connectivity index (χ4n) is 3.64. The molecule has 0 bridgehead atoms. The van der Waals surface area contributed by atoms with Gasteiger partial charge in [0.2, 0.25) is 5.91 Å². The highest BCUT2D eigenvalue weighted by atomic mass is 16.2. The van der Waals surface area contributed by atoms with E-state index in [0.29, 0.717) is 6.42 Å². The van der Waals surface area contributed by atoms with Gasteiger partial charge < -0.3 is 15.5 Å². The Morgan fingerprint density at radius 1 is 1.18 bits per heavy atom. The van der Waals surface area contributed by atoms with Crippen molar-refractivity contribution >= 4 is 11.6 Å². The van der Waals surface area contributed by atoms with Gasteiger partial charge in [0.25, 0.3) is 0 Å². The van der Waals surface area contributed by atoms with E-state index in [1.165, 1.54) is 18.4 Å². The Morgan fingerprint density at radius 2 is 2.05 bits per heavy atom. The van der Waals surface area contributed by atoms with Crippen molar-refractivity contribution < 1.29 is 4.79 Å². The number of hydrogen-bond acceptors (Lipinski definition) is 3. The molecule has 2 aliphatic rings. The highest BCUT2D eigenvalue weighted by Crippen LogP contribution is 2.27. The van der Waals surface area contributed by atoms with Crippen LogP contribution in [0.5, 0.6) is 0 Å². The average molecular weight is 301 g/mol. The van der Waals surface area contributed by atoms with Gasteiger partial charge in [0.05, 0.1) is 0 Å². The molecule has 0 aliphatic carbocycles. The molecule has 0 saturated carbocycles. The number of rotatable bonds is 3. The summed E-state index contributed by atoms with van der Waals surface area (Å²) < 4.78 is 0. The summed E-state index contributed by atoms with van der Waals surface area (Å²) in [5.74, 6) is 0.255. The Hall–Kier alpha value is -1.39. The molecule has 1 aromatic carbocycles. The number of nitrogens with zero attached hydrogens (tertiary/aromatic N) is 2. The monoisotopic (exact) mass is 301 g/mol. The Kier molecular flexibility index (Phi) is 5.11. The van der Waals surface area contributed by atoms with Crippen molar-refractivity contribution in [3.63, 3.8) is 0 Å². The summed E-state index contributed by atoms with van der Waals surface area (Å²) in [5, 5.41) is 0. The van der Waals surface area contributed by atoms with Crippen LogP contribution in [0.3, 0.4) is 0 Å². The summed E-state index contributed by atoms with van der Waals surface area (Å²) in [6, 6.07) is 8.58. The van der Waals surface area contributed by atoms with Crippen LogP contribution in [-0.4, -0.2) is 43.0 Å². The lowest BCUT2D eigenvalue weighted by atomic mass is 10.0. The number of carbonyl (C=O) groups is 1. The first-order valence-corrected chi connectivity index (χ1v) is 8.60. The van der Waals surface area contributed by atoms with Gasteiger partial charge >= 0.3 is 0 Å². The molecule has 0 unspecified atom stereocenters. The smallest absolute Gasteiger partial charge is 0.228 e. The molecule has 1 aromatic rings. The number of para-hydroxylation sites is 1. The van der Waals surface area contributed by atoms with Crippen LogP contribution in [0.15, 0.2) is 24.3 Å². The zero-order chi connectivity index (χ0) is 15.4. The largest absolute Gasteiger partial charge is 0.327 e. The van der Waals surface area contributed by atoms with Gasteiger partial charge in [-0.25, -0.2) is 0 Å². The molecule has 1 atom stereocenters. The van der Waals surface area contributed by atoms with Crippen LogP contribution in [0.25, 0.3) is 0 Å². The Morgan fingerprint density at radius 3 is 2.95 bits per heavy atom. The lowest BCUT2D eigenvalue weighted by molar-refractivity contribution is -0.119. The first-order valence-electron chi connectivity index (χ1n) is 8.60. The zero-order valence-electron chi connectivity index (χ0n) is 13.3. The molecule has 1 saturated heterocycles. The molecule has 1 amide bonds. The third-order valence-electron chi connectivity index (χ3n) is 4.85. The van der Waals surface area contributed by atoms with E-state index in [1.54, 1.807) is 0 Å². The predicted octanol–water partition coefficient (Wildman–Crippen LogP) is 2.17. The molecule has 1 fully saturated rings. The molecule has 0 aromatic heterocycles. The van der Waals surface area contributed by atoms with E-state index in [9.17, 15) is 4.79 Å². The number of hydrogen-bond donors (Lipinski definition) is 1. The van der Waals surface area contributed by atoms with E-state index in [-0.39, 0.29) is 11.9 Å². The van der Waals surface area contributed by atoms with Crippen molar-refractivity contribution in [1.29, 1.82) is 0 Å². The number of nitrogens with two attached hydrogens (primary N) is 1. The minimum absolute atomic E-state index is 0.255. The minimum atomic E-state index is 0.255. The Balaban J connectivity index is 1.58. The molecule has 120 valence electrons. The molecule has 0 spiro atoms. The van der Waals surface area contributed by atoms with E-state index in [1.807, 2.05) is 11.0 Å². The first-order chi connectivity index (χ1) is 10.7. The van der Waals surface area contributed by atoms with E-state index >= 15 is 0 Å². The van der Waals surface area contributed by atoms with Gasteiger partial charge in [-0.05, 0) is 43.9 Å². The van der Waals surface area contributed by atoms with Crippen molar-refractivity contribution in [3.8, 4) is 0 Å². The highest BCUT2D eigenvalue weighted by molar-refractivity contribution is 5.94. The molecule has 2 aliphatic heterocycles. The zero-order valence-corrected chi connectivity index (χ0v) is 13.3. The van der Waals surface area contributed by atoms with Crippen LogP contribution >= 0.6 is 0 Å². The van der Waals surface area contributed by atoms with Gasteiger partial charge in [-0.15, -0.1) is 0 Å². The maximum atomic E-state index is 12.6. The number of fused-ring (bicyclic) bond motifs is 1. The van der Waals surface area contributed by atoms with E-state index in [0.717, 1.165) is 51.1 Å². The van der Waals surface area contributed by atoms with E-state index in [2.05, 4.69) is 23.1 Å². The number of aryl methyl sites for hydroxylation is 1. The van der Waals surface area contributed by atoms with Gasteiger partial charge in [-0.2, -0.15) is 0 Å². The fourth-order valence-corrected chi connectivity index (χ4v) is 3.64. The molecular formula is C18H27N3O. The second kappa shape index (κ2) is 7.25. The van der Waals surface area contributed by atoms with Crippen LogP contribution in [0, 0.1) is 0 Å². The van der Waals surface area contributed by atoms with Gasteiger partial charge in [-0.1, -0.05) is 24.6 Å². The van der Waals surface area contributed by atoms with Crippen LogP contribution in [0.4, 0.5) is 5.69 Å². The van der Waals surface area contributed by atoms with Crippen molar-refractivity contribution in [1.82, 2.24) is 4.90 Å². The third kappa shape index (κ3) is 3.68. The van der Waals surface area contributed by atoms with Gasteiger partial charge in [-0.3, -0.25) is 4.79 Å². The van der Waals surface area contributed by atoms with Crippen LogP contribution < -0.4 is 10.6 Å². The standard InChI is InChI=1S/C18H27N3O/c19-16-8-3-4-11-20(14-16)13-10-18(22)21-12-5-7-15-6-1-2-9-17(15)21/h1-2,6,9,16H,3-5,7-8,10-14,19H2/t16-/m1/s1. The fraction of sp³-hybridized carbons (Fsp3) is 0.611. The maximum Gasteiger partial charge on any atom is 0.228 e. The van der Waals surface area contributed by atoms with Gasteiger partial charge in [0.1, 0.15) is 0 Å². The second-order valence-electron chi connectivity index (χ2n) is 6.58. The highest BCUT2D eigenvalue weighted by Gasteiger charge is 2.23. The second-order valence-corrected chi connectivity index (χ2v) is 6.58. The van der Waals surface area contributed by atoms with Crippen molar-refractivity contribution in [2.75, 3.05) is 31.1 Å². The number of benzene rings is 1. The number of likely N-dealkylation sites (tertiary alicyclic amines) is 1. The summed E-state index contributed by atoms with van der Waals surface area (Å²) in [5.41, 5.74) is 8.52. The van der Waals surface area contributed by atoms with E-state index < -0.39 is 0 Å². The van der Waals surface area contributed by atoms with Gasteiger partial charge in [0, 0.05) is 37.8 Å². The SMILES string of the molecule is N[C@@H]1CCCCN(CCC(=O)N2CCCc3ccccc32)C1. The lowest BCUT2D eigenvalue weighted by Gasteiger charge is -2.30. The molecule has 2 N–H and O–H groups in total. The maximum absolute atomic E-state index is 12.6. The molecule has 3 rings (SSSR count). The topological polar surface area (TPSA) is 49.6 Å². The summed E-state index contributed by atoms with van der Waals surface area (Å²) in [6.45, 7) is 3.71. The molecular weight excluding hydrogens is 274 g/mol. The molecule has 4 nitrogen and oxygen atoms in total. The van der Waals surface area contributed by atoms with Crippen LogP contribution in [0.2, 0.25) is 0 Å². The number of amides is 1. The quantitative estimate of drug-likeness (QED) is 0.931. The van der Waals surface area contributed by atoms with Crippen LogP contribution in [0.1, 0.15) is 37.7 Å². The normalized spacial score (nSPS) is 23.0. The summed E-state index contributed by atoms with van der Waals surface area (Å²) in [4.78, 5) is 17.0. The molecule has 22 heavy (non-hydrogen) atoms. The van der Waals surface area contributed by atoms with Crippen LogP contribution in [-0.2, 0) is 11.2 Å². The molecule has 2 heterocycles. The predicted molar refractivity (Wildman–Crippen MR) is 90.0 cm³/mol. The third-order valence-corrected chi connectivity index (χ3v) is 4.85. The van der Waals surface area contributed by atoms with Crippen molar-refractivity contribution in [3.05, 3.63) is 29.8 Å². The minimum Gasteiger partial charge on any atom is -0.327 e. The molecule has 0 radical (unpaired) electrons. The summed E-state index contributed by atoms with van der Waals surface area (Å²) >= 11 is 0. The Bertz CT molecular complexity index is 517. The number of carbonyl (C=O) groups excluding carboxylic acids is 1. The summed E-state index contributed by atoms with van der Waals surface area (Å²) in [7, 11) is 0. The molecule has 4 heteroatoms. The lowest BCUT2D eigenvalue weighted by Crippen LogP contribution is -2.40. The first kappa shape index (κ1) is 15.5. The van der Waals surface area contributed by atoms with Crippen molar-refractivity contribution in [2.45, 2.75) is 44.6 Å². The Labute approximate surface area is 133 Å². The number of anilines is 1. The van der Waals surface area contributed by atoms with Gasteiger partial charge in [0.15, 0.2) is 0 Å². The van der Waals surface area contributed by atoms with Crippen molar-refractivity contribution in [2.24, 2.45) is 5.73 Å². The summed E-state index contributed by atoms with van der Waals surface area (Å²) in [6.07, 6.45) is 6.28. The van der Waals surface area contributed by atoms with E-state index in [4.69, 9.17) is 5.73 Å². The average Bonchev–Trinajstić information content (AvgIpc) is 2.76.